The fraction of sp³-hybridized carbons (Fsp3) is 0.167. The van der Waals surface area contributed by atoms with Gasteiger partial charge in [0.25, 0.3) is 5.91 Å². The minimum atomic E-state index is -0.569. The lowest BCUT2D eigenvalue weighted by Crippen LogP contribution is -2.49. The third-order valence-corrected chi connectivity index (χ3v) is 6.49. The number of nitrogens with one attached hydrogen (secondary N) is 1. The molecule has 5 rings (SSSR count). The molecule has 0 aliphatic carbocycles. The van der Waals surface area contributed by atoms with Gasteiger partial charge in [0.2, 0.25) is 5.43 Å². The maximum absolute atomic E-state index is 13.5. The van der Waals surface area contributed by atoms with E-state index < -0.39 is 11.3 Å². The number of carbonyl (C=O) groups excluding carboxylic acids is 2. The zero-order valence-electron chi connectivity index (χ0n) is 19.9. The van der Waals surface area contributed by atoms with Gasteiger partial charge in [0.15, 0.2) is 17.2 Å². The maximum Gasteiger partial charge on any atom is 0.272 e. The Morgan fingerprint density at radius 2 is 1.47 bits per heavy atom. The normalized spacial score (nSPS) is 14.7. The third kappa shape index (κ3) is 4.58. The number of aromatic nitrogens is 1. The minimum absolute atomic E-state index is 0.00577. The van der Waals surface area contributed by atoms with Gasteiger partial charge >= 0.3 is 0 Å². The summed E-state index contributed by atoms with van der Waals surface area (Å²) in [5.74, 6) is -1.000. The molecule has 180 valence electrons. The molecule has 0 saturated heterocycles. The molecule has 6 nitrogen and oxygen atoms in total. The second kappa shape index (κ2) is 10.0. The molecular weight excluding hydrogens is 452 g/mol. The standard InChI is InChI=1S/C30H26N2O4/c1-20(33)24-17-32-18-25(26(22-13-7-3-8-14-22)23-15-9-4-10-16-23)31-30(35)27(32)29(28(24)34)36-19-21-11-5-2-6-12-21/h2-17,25-26H,18-19H2,1H3,(H,31,35)/t25-/m0/s1. The van der Waals surface area contributed by atoms with Crippen molar-refractivity contribution >= 4 is 11.7 Å². The van der Waals surface area contributed by atoms with Gasteiger partial charge in [-0.05, 0) is 23.6 Å². The van der Waals surface area contributed by atoms with Crippen LogP contribution >= 0.6 is 0 Å². The number of ether oxygens (including phenoxy) is 1. The molecule has 1 aromatic heterocycles. The zero-order chi connectivity index (χ0) is 25.1. The molecule has 1 amide bonds. The van der Waals surface area contributed by atoms with Crippen molar-refractivity contribution < 1.29 is 14.3 Å². The number of benzene rings is 3. The summed E-state index contributed by atoms with van der Waals surface area (Å²) >= 11 is 0. The van der Waals surface area contributed by atoms with Crippen LogP contribution < -0.4 is 15.5 Å². The second-order valence-corrected chi connectivity index (χ2v) is 8.91. The molecule has 4 aromatic rings. The highest BCUT2D eigenvalue weighted by molar-refractivity contribution is 5.99. The van der Waals surface area contributed by atoms with Crippen LogP contribution in [-0.2, 0) is 13.2 Å². The van der Waals surface area contributed by atoms with E-state index in [1.54, 1.807) is 4.57 Å². The van der Waals surface area contributed by atoms with Crippen LogP contribution in [0, 0.1) is 0 Å². The number of rotatable bonds is 7. The smallest absolute Gasteiger partial charge is 0.272 e. The number of Topliss-reactive ketones (excluding diaryl/α,β-unsaturated/α-hetero) is 1. The lowest BCUT2D eigenvalue weighted by Gasteiger charge is -2.35. The van der Waals surface area contributed by atoms with Crippen LogP contribution in [0.1, 0.15) is 50.4 Å². The van der Waals surface area contributed by atoms with E-state index >= 15 is 0 Å². The predicted octanol–water partition coefficient (Wildman–Crippen LogP) is 4.57. The van der Waals surface area contributed by atoms with Gasteiger partial charge in [-0.3, -0.25) is 14.4 Å². The van der Waals surface area contributed by atoms with Gasteiger partial charge in [-0.2, -0.15) is 0 Å². The first-order valence-electron chi connectivity index (χ1n) is 11.9. The van der Waals surface area contributed by atoms with Gasteiger partial charge in [0.1, 0.15) is 6.61 Å². The molecule has 36 heavy (non-hydrogen) atoms. The molecule has 0 bridgehead atoms. The van der Waals surface area contributed by atoms with Gasteiger partial charge < -0.3 is 14.6 Å². The van der Waals surface area contributed by atoms with Crippen LogP contribution in [0.3, 0.4) is 0 Å². The van der Waals surface area contributed by atoms with E-state index in [-0.39, 0.29) is 41.4 Å². The highest BCUT2D eigenvalue weighted by Gasteiger charge is 2.35. The Balaban J connectivity index is 1.57. The molecule has 0 spiro atoms. The summed E-state index contributed by atoms with van der Waals surface area (Å²) < 4.78 is 7.60. The lowest BCUT2D eigenvalue weighted by molar-refractivity contribution is 0.0882. The Morgan fingerprint density at radius 1 is 0.917 bits per heavy atom. The molecule has 0 unspecified atom stereocenters. The monoisotopic (exact) mass is 478 g/mol. The van der Waals surface area contributed by atoms with Gasteiger partial charge in [-0.25, -0.2) is 0 Å². The van der Waals surface area contributed by atoms with Crippen molar-refractivity contribution in [1.82, 2.24) is 9.88 Å². The molecule has 0 radical (unpaired) electrons. The number of fused-ring (bicyclic) bond motifs is 1. The average Bonchev–Trinajstić information content (AvgIpc) is 2.90. The van der Waals surface area contributed by atoms with Crippen LogP contribution in [0.4, 0.5) is 0 Å². The quantitative estimate of drug-likeness (QED) is 0.395. The van der Waals surface area contributed by atoms with Crippen LogP contribution in [-0.4, -0.2) is 22.3 Å². The van der Waals surface area contributed by atoms with Crippen molar-refractivity contribution in [3.8, 4) is 5.75 Å². The van der Waals surface area contributed by atoms with Crippen LogP contribution in [0.15, 0.2) is 102 Å². The Labute approximate surface area is 209 Å². The van der Waals surface area contributed by atoms with E-state index in [0.717, 1.165) is 16.7 Å². The number of hydrogen-bond donors (Lipinski definition) is 1. The van der Waals surface area contributed by atoms with E-state index in [9.17, 15) is 14.4 Å². The van der Waals surface area contributed by atoms with Crippen LogP contribution in [0.2, 0.25) is 0 Å². The second-order valence-electron chi connectivity index (χ2n) is 8.91. The molecular formula is C30H26N2O4. The van der Waals surface area contributed by atoms with Gasteiger partial charge in [-0.15, -0.1) is 0 Å². The number of ketones is 1. The third-order valence-electron chi connectivity index (χ3n) is 6.49. The van der Waals surface area contributed by atoms with Crippen LogP contribution in [0.25, 0.3) is 0 Å². The molecule has 0 fully saturated rings. The van der Waals surface area contributed by atoms with Crippen molar-refractivity contribution in [2.24, 2.45) is 0 Å². The highest BCUT2D eigenvalue weighted by Crippen LogP contribution is 2.32. The van der Waals surface area contributed by atoms with E-state index in [4.69, 9.17) is 4.74 Å². The molecule has 1 atom stereocenters. The average molecular weight is 479 g/mol. The van der Waals surface area contributed by atoms with Gasteiger partial charge in [-0.1, -0.05) is 91.0 Å². The first-order valence-corrected chi connectivity index (χ1v) is 11.9. The molecule has 2 heterocycles. The number of hydrogen-bond acceptors (Lipinski definition) is 4. The van der Waals surface area contributed by atoms with Crippen molar-refractivity contribution in [2.75, 3.05) is 0 Å². The minimum Gasteiger partial charge on any atom is -0.483 e. The number of carbonyl (C=O) groups is 2. The fourth-order valence-electron chi connectivity index (χ4n) is 4.79. The maximum atomic E-state index is 13.5. The molecule has 1 N–H and O–H groups in total. The molecule has 1 aliphatic rings. The zero-order valence-corrected chi connectivity index (χ0v) is 19.9. The molecule has 0 saturated carbocycles. The van der Waals surface area contributed by atoms with Gasteiger partial charge in [0, 0.05) is 18.7 Å². The van der Waals surface area contributed by atoms with Crippen LogP contribution in [0.5, 0.6) is 5.75 Å². The topological polar surface area (TPSA) is 77.4 Å². The number of amides is 1. The lowest BCUT2D eigenvalue weighted by atomic mass is 9.84. The molecule has 3 aromatic carbocycles. The molecule has 1 aliphatic heterocycles. The summed E-state index contributed by atoms with van der Waals surface area (Å²) in [5, 5.41) is 3.12. The summed E-state index contributed by atoms with van der Waals surface area (Å²) in [5.41, 5.74) is 2.55. The van der Waals surface area contributed by atoms with E-state index in [0.29, 0.717) is 6.54 Å². The summed E-state index contributed by atoms with van der Waals surface area (Å²) in [7, 11) is 0. The predicted molar refractivity (Wildman–Crippen MR) is 137 cm³/mol. The molecule has 6 heteroatoms. The van der Waals surface area contributed by atoms with Crippen molar-refractivity contribution in [1.29, 1.82) is 0 Å². The van der Waals surface area contributed by atoms with E-state index in [1.165, 1.54) is 13.1 Å². The summed E-state index contributed by atoms with van der Waals surface area (Å²) in [6.45, 7) is 1.83. The Kier molecular flexibility index (Phi) is 6.50. The van der Waals surface area contributed by atoms with Crippen molar-refractivity contribution in [3.05, 3.63) is 135 Å². The summed E-state index contributed by atoms with van der Waals surface area (Å²) in [4.78, 5) is 39.0. The summed E-state index contributed by atoms with van der Waals surface area (Å²) in [6.07, 6.45) is 1.49. The van der Waals surface area contributed by atoms with Crippen molar-refractivity contribution in [2.45, 2.75) is 32.0 Å². The SMILES string of the molecule is CC(=O)c1cn2c(c(OCc3ccccc3)c1=O)C(=O)N[C@H](C(c1ccccc1)c1ccccc1)C2. The summed E-state index contributed by atoms with van der Waals surface area (Å²) in [6, 6.07) is 29.1. The first-order chi connectivity index (χ1) is 17.5. The van der Waals surface area contributed by atoms with Gasteiger partial charge in [0.05, 0.1) is 11.6 Å². The first kappa shape index (κ1) is 23.3. The number of nitrogens with zero attached hydrogens (tertiary/aromatic N) is 1. The fourth-order valence-corrected chi connectivity index (χ4v) is 4.79. The number of pyridine rings is 1. The van der Waals surface area contributed by atoms with E-state index in [1.807, 2.05) is 91.0 Å². The van der Waals surface area contributed by atoms with Crippen molar-refractivity contribution in [3.63, 3.8) is 0 Å². The van der Waals surface area contributed by atoms with E-state index in [2.05, 4.69) is 5.32 Å². The highest BCUT2D eigenvalue weighted by atomic mass is 16.5. The Morgan fingerprint density at radius 3 is 2.03 bits per heavy atom. The Hall–Kier alpha value is -4.45. The largest absolute Gasteiger partial charge is 0.483 e. The Bertz CT molecular complexity index is 1410.